The molecule has 0 saturated carbocycles. The number of aromatic nitrogens is 4. The molecule has 0 amide bonds. The summed E-state index contributed by atoms with van der Waals surface area (Å²) in [5.41, 5.74) is 1.96. The molecule has 0 saturated heterocycles. The zero-order valence-corrected chi connectivity index (χ0v) is 14.9. The van der Waals surface area contributed by atoms with Gasteiger partial charge in [0.2, 0.25) is 11.7 Å². The van der Waals surface area contributed by atoms with Gasteiger partial charge in [-0.15, -0.1) is 0 Å². The highest BCUT2D eigenvalue weighted by molar-refractivity contribution is 5.61. The molecule has 0 fully saturated rings. The van der Waals surface area contributed by atoms with Gasteiger partial charge in [0.05, 0.1) is 6.61 Å². The molecule has 0 atom stereocenters. The number of alkyl halides is 3. The van der Waals surface area contributed by atoms with Crippen molar-refractivity contribution in [1.29, 1.82) is 0 Å². The lowest BCUT2D eigenvalue weighted by Crippen LogP contribution is -2.05. The fraction of sp³-hybridized carbons (Fsp3) is 0.412. The van der Waals surface area contributed by atoms with E-state index < -0.39 is 12.1 Å². The summed E-state index contributed by atoms with van der Waals surface area (Å²) in [6.45, 7) is 5.77. The Labute approximate surface area is 152 Å². The second-order valence-corrected chi connectivity index (χ2v) is 6.04. The molecule has 1 aromatic carbocycles. The molecule has 0 spiro atoms. The van der Waals surface area contributed by atoms with E-state index in [1.165, 1.54) is 0 Å². The first kappa shape index (κ1) is 18.9. The molecule has 144 valence electrons. The van der Waals surface area contributed by atoms with Crippen molar-refractivity contribution >= 4 is 0 Å². The molecule has 0 radical (unpaired) electrons. The third-order valence-corrected chi connectivity index (χ3v) is 3.75. The minimum Gasteiger partial charge on any atom is -0.493 e. The Hall–Kier alpha value is -2.91. The summed E-state index contributed by atoms with van der Waals surface area (Å²) in [7, 11) is 0. The first-order valence-electron chi connectivity index (χ1n) is 8.18. The van der Waals surface area contributed by atoms with Crippen LogP contribution in [-0.2, 0) is 12.6 Å². The van der Waals surface area contributed by atoms with Crippen LogP contribution in [-0.4, -0.2) is 26.9 Å². The number of nitrogens with zero attached hydrogens (tertiary/aromatic N) is 4. The summed E-state index contributed by atoms with van der Waals surface area (Å²) in [5, 5.41) is 7.22. The van der Waals surface area contributed by atoms with Crippen molar-refractivity contribution in [3.8, 4) is 17.1 Å². The van der Waals surface area contributed by atoms with Gasteiger partial charge in [0, 0.05) is 18.9 Å². The van der Waals surface area contributed by atoms with Crippen LogP contribution in [0.5, 0.6) is 5.75 Å². The topological polar surface area (TPSA) is 87.1 Å². The molecule has 3 rings (SSSR count). The van der Waals surface area contributed by atoms with E-state index in [1.807, 2.05) is 0 Å². The smallest absolute Gasteiger partial charge is 0.471 e. The molecule has 0 aliphatic carbocycles. The van der Waals surface area contributed by atoms with Crippen LogP contribution in [0.15, 0.2) is 21.2 Å². The van der Waals surface area contributed by atoms with Gasteiger partial charge in [-0.05, 0) is 43.5 Å². The second kappa shape index (κ2) is 7.37. The van der Waals surface area contributed by atoms with Crippen molar-refractivity contribution in [2.24, 2.45) is 0 Å². The van der Waals surface area contributed by atoms with Crippen LogP contribution in [0.1, 0.15) is 35.2 Å². The molecule has 0 N–H and O–H groups in total. The van der Waals surface area contributed by atoms with Crippen molar-refractivity contribution in [2.75, 3.05) is 6.61 Å². The van der Waals surface area contributed by atoms with Crippen LogP contribution in [0.4, 0.5) is 13.2 Å². The van der Waals surface area contributed by atoms with E-state index in [9.17, 15) is 13.2 Å². The highest BCUT2D eigenvalue weighted by atomic mass is 19.4. The fourth-order valence-electron chi connectivity index (χ4n) is 2.61. The molecular formula is C17H17F3N4O3. The van der Waals surface area contributed by atoms with Gasteiger partial charge in [0.1, 0.15) is 5.75 Å². The van der Waals surface area contributed by atoms with Crippen LogP contribution in [0.25, 0.3) is 11.4 Å². The number of ether oxygens (including phenoxy) is 1. The van der Waals surface area contributed by atoms with E-state index in [0.717, 1.165) is 11.1 Å². The molecule has 0 unspecified atom stereocenters. The minimum atomic E-state index is -4.67. The van der Waals surface area contributed by atoms with Crippen molar-refractivity contribution in [2.45, 2.75) is 39.8 Å². The molecule has 0 aliphatic heterocycles. The number of hydrogen-bond acceptors (Lipinski definition) is 7. The lowest BCUT2D eigenvalue weighted by Gasteiger charge is -2.13. The zero-order valence-electron chi connectivity index (χ0n) is 14.9. The summed E-state index contributed by atoms with van der Waals surface area (Å²) in [4.78, 5) is 7.53. The third kappa shape index (κ3) is 4.44. The second-order valence-electron chi connectivity index (χ2n) is 6.04. The Bertz CT molecular complexity index is 911. The predicted molar refractivity (Wildman–Crippen MR) is 87.1 cm³/mol. The predicted octanol–water partition coefficient (Wildman–Crippen LogP) is 4.08. The Morgan fingerprint density at radius 2 is 1.70 bits per heavy atom. The van der Waals surface area contributed by atoms with Gasteiger partial charge in [-0.25, -0.2) is 0 Å². The fourth-order valence-corrected chi connectivity index (χ4v) is 2.61. The monoisotopic (exact) mass is 382 g/mol. The summed E-state index contributed by atoms with van der Waals surface area (Å²) in [6.07, 6.45) is -3.36. The van der Waals surface area contributed by atoms with Gasteiger partial charge in [-0.1, -0.05) is 10.3 Å². The van der Waals surface area contributed by atoms with E-state index in [2.05, 4.69) is 24.8 Å². The maximum atomic E-state index is 12.6. The summed E-state index contributed by atoms with van der Waals surface area (Å²) in [5.74, 6) is 0.320. The normalized spacial score (nSPS) is 11.8. The van der Waals surface area contributed by atoms with Crippen molar-refractivity contribution in [3.05, 3.63) is 40.9 Å². The van der Waals surface area contributed by atoms with Gasteiger partial charge in [0.25, 0.3) is 0 Å². The van der Waals surface area contributed by atoms with Gasteiger partial charge >= 0.3 is 12.1 Å². The third-order valence-electron chi connectivity index (χ3n) is 3.75. The Morgan fingerprint density at radius 1 is 1.00 bits per heavy atom. The van der Waals surface area contributed by atoms with E-state index in [1.54, 1.807) is 32.9 Å². The SMILES string of the molecule is Cc1nc(CCCOc2c(C)cc(-c3noc(C(F)(F)F)n3)cc2C)no1. The van der Waals surface area contributed by atoms with Gasteiger partial charge in [-0.2, -0.15) is 23.1 Å². The number of halogens is 3. The maximum Gasteiger partial charge on any atom is 0.471 e. The van der Waals surface area contributed by atoms with Crippen molar-refractivity contribution in [3.63, 3.8) is 0 Å². The first-order chi connectivity index (χ1) is 12.7. The first-order valence-corrected chi connectivity index (χ1v) is 8.18. The molecule has 10 heteroatoms. The summed E-state index contributed by atoms with van der Waals surface area (Å²) in [6, 6.07) is 3.33. The number of rotatable bonds is 6. The Kier molecular flexibility index (Phi) is 5.15. The van der Waals surface area contributed by atoms with E-state index in [4.69, 9.17) is 9.26 Å². The lowest BCUT2D eigenvalue weighted by atomic mass is 10.1. The highest BCUT2D eigenvalue weighted by Gasteiger charge is 2.38. The average Bonchev–Trinajstić information content (AvgIpc) is 3.22. The molecule has 2 heterocycles. The quantitative estimate of drug-likeness (QED) is 0.594. The maximum absolute atomic E-state index is 12.6. The Morgan fingerprint density at radius 3 is 2.26 bits per heavy atom. The molecule has 7 nitrogen and oxygen atoms in total. The lowest BCUT2D eigenvalue weighted by molar-refractivity contribution is -0.159. The molecular weight excluding hydrogens is 365 g/mol. The zero-order chi connectivity index (χ0) is 19.6. The van der Waals surface area contributed by atoms with E-state index in [-0.39, 0.29) is 5.82 Å². The van der Waals surface area contributed by atoms with E-state index >= 15 is 0 Å². The van der Waals surface area contributed by atoms with Gasteiger partial charge in [-0.3, -0.25) is 0 Å². The summed E-state index contributed by atoms with van der Waals surface area (Å²) < 4.78 is 52.8. The minimum absolute atomic E-state index is 0.118. The van der Waals surface area contributed by atoms with Crippen LogP contribution in [0, 0.1) is 20.8 Å². The van der Waals surface area contributed by atoms with Crippen molar-refractivity contribution in [1.82, 2.24) is 20.3 Å². The molecule has 0 bridgehead atoms. The number of hydrogen-bond donors (Lipinski definition) is 0. The average molecular weight is 382 g/mol. The van der Waals surface area contributed by atoms with E-state index in [0.29, 0.717) is 42.5 Å². The standard InChI is InChI=1S/C17H17F3N4O3/c1-9-7-12(15-22-16(27-24-15)17(18,19)20)8-10(2)14(9)25-6-4-5-13-21-11(3)26-23-13/h7-8H,4-6H2,1-3H3. The molecule has 0 aliphatic rings. The molecule has 2 aromatic heterocycles. The largest absolute Gasteiger partial charge is 0.493 e. The Balaban J connectivity index is 1.66. The van der Waals surface area contributed by atoms with Crippen LogP contribution < -0.4 is 4.74 Å². The molecule has 27 heavy (non-hydrogen) atoms. The highest BCUT2D eigenvalue weighted by Crippen LogP contribution is 2.32. The van der Waals surface area contributed by atoms with Crippen LogP contribution in [0.3, 0.4) is 0 Å². The van der Waals surface area contributed by atoms with Gasteiger partial charge in [0.15, 0.2) is 5.82 Å². The number of aryl methyl sites for hydroxylation is 4. The molecule has 3 aromatic rings. The summed E-state index contributed by atoms with van der Waals surface area (Å²) >= 11 is 0. The van der Waals surface area contributed by atoms with Crippen LogP contribution in [0.2, 0.25) is 0 Å². The van der Waals surface area contributed by atoms with Crippen LogP contribution >= 0.6 is 0 Å². The van der Waals surface area contributed by atoms with Crippen molar-refractivity contribution < 1.29 is 27.0 Å². The van der Waals surface area contributed by atoms with Gasteiger partial charge < -0.3 is 13.8 Å². The number of benzene rings is 1.